The molecule has 13 heavy (non-hydrogen) atoms. The maximum absolute atomic E-state index is 9.49. The van der Waals surface area contributed by atoms with Gasteiger partial charge in [0, 0.05) is 30.4 Å². The number of fused-ring (bicyclic) bond motifs is 1. The Morgan fingerprint density at radius 1 is 1.54 bits per heavy atom. The smallest absolute Gasteiger partial charge is 0.139 e. The first-order chi connectivity index (χ1) is 6.20. The van der Waals surface area contributed by atoms with Crippen molar-refractivity contribution in [1.29, 1.82) is 0 Å². The SMILES string of the molecule is C[C@@H](O)c1cn(C)c2ncccc12. The number of hydrogen-bond acceptors (Lipinski definition) is 2. The molecule has 1 N–H and O–H groups in total. The summed E-state index contributed by atoms with van der Waals surface area (Å²) in [5, 5.41) is 10.5. The third kappa shape index (κ3) is 1.21. The topological polar surface area (TPSA) is 38.0 Å². The van der Waals surface area contributed by atoms with Crippen LogP contribution in [0.3, 0.4) is 0 Å². The fourth-order valence-corrected chi connectivity index (χ4v) is 1.58. The lowest BCUT2D eigenvalue weighted by Crippen LogP contribution is -1.88. The Bertz CT molecular complexity index is 431. The molecule has 2 heterocycles. The van der Waals surface area contributed by atoms with Crippen LogP contribution >= 0.6 is 0 Å². The Hall–Kier alpha value is -1.35. The molecule has 0 amide bonds. The molecular formula is C10H12N2O. The predicted molar refractivity (Wildman–Crippen MR) is 51.3 cm³/mol. The number of nitrogens with zero attached hydrogens (tertiary/aromatic N) is 2. The van der Waals surface area contributed by atoms with Crippen LogP contribution in [0, 0.1) is 0 Å². The summed E-state index contributed by atoms with van der Waals surface area (Å²) in [5.74, 6) is 0. The monoisotopic (exact) mass is 176 g/mol. The van der Waals surface area contributed by atoms with Crippen LogP contribution in [0.5, 0.6) is 0 Å². The van der Waals surface area contributed by atoms with Gasteiger partial charge in [0.05, 0.1) is 6.10 Å². The number of rotatable bonds is 1. The summed E-state index contributed by atoms with van der Waals surface area (Å²) >= 11 is 0. The molecule has 0 fully saturated rings. The van der Waals surface area contributed by atoms with Gasteiger partial charge in [0.2, 0.25) is 0 Å². The number of aliphatic hydroxyl groups is 1. The van der Waals surface area contributed by atoms with Gasteiger partial charge in [-0.2, -0.15) is 0 Å². The second-order valence-electron chi connectivity index (χ2n) is 3.25. The lowest BCUT2D eigenvalue weighted by atomic mass is 10.1. The van der Waals surface area contributed by atoms with E-state index in [1.54, 1.807) is 13.1 Å². The van der Waals surface area contributed by atoms with Gasteiger partial charge in [-0.25, -0.2) is 4.98 Å². The van der Waals surface area contributed by atoms with Gasteiger partial charge < -0.3 is 9.67 Å². The summed E-state index contributed by atoms with van der Waals surface area (Å²) in [6, 6.07) is 3.86. The summed E-state index contributed by atoms with van der Waals surface area (Å²) in [6.45, 7) is 1.77. The van der Waals surface area contributed by atoms with E-state index in [-0.39, 0.29) is 0 Å². The highest BCUT2D eigenvalue weighted by atomic mass is 16.3. The van der Waals surface area contributed by atoms with E-state index in [4.69, 9.17) is 0 Å². The van der Waals surface area contributed by atoms with E-state index in [0.717, 1.165) is 16.6 Å². The van der Waals surface area contributed by atoms with E-state index in [9.17, 15) is 5.11 Å². The van der Waals surface area contributed by atoms with Gasteiger partial charge >= 0.3 is 0 Å². The maximum Gasteiger partial charge on any atom is 0.139 e. The molecule has 2 aromatic rings. The molecule has 3 nitrogen and oxygen atoms in total. The molecule has 68 valence electrons. The highest BCUT2D eigenvalue weighted by Gasteiger charge is 2.10. The molecule has 0 aromatic carbocycles. The Kier molecular flexibility index (Phi) is 1.81. The van der Waals surface area contributed by atoms with Crippen molar-refractivity contribution in [2.75, 3.05) is 0 Å². The Morgan fingerprint density at radius 2 is 2.31 bits per heavy atom. The molecule has 0 bridgehead atoms. The molecule has 1 atom stereocenters. The molecule has 0 saturated heterocycles. The number of aryl methyl sites for hydroxylation is 1. The molecule has 0 aliphatic carbocycles. The van der Waals surface area contributed by atoms with E-state index in [2.05, 4.69) is 4.98 Å². The highest BCUT2D eigenvalue weighted by molar-refractivity contribution is 5.80. The number of hydrogen-bond donors (Lipinski definition) is 1. The third-order valence-corrected chi connectivity index (χ3v) is 2.21. The Balaban J connectivity index is 2.78. The molecule has 0 spiro atoms. The van der Waals surface area contributed by atoms with Crippen molar-refractivity contribution in [3.8, 4) is 0 Å². The maximum atomic E-state index is 9.49. The predicted octanol–water partition coefficient (Wildman–Crippen LogP) is 1.63. The van der Waals surface area contributed by atoms with E-state index < -0.39 is 6.10 Å². The summed E-state index contributed by atoms with van der Waals surface area (Å²) < 4.78 is 1.93. The van der Waals surface area contributed by atoms with Gasteiger partial charge in [0.25, 0.3) is 0 Å². The lowest BCUT2D eigenvalue weighted by molar-refractivity contribution is 0.200. The minimum Gasteiger partial charge on any atom is -0.389 e. The molecule has 0 aliphatic rings. The molecular weight excluding hydrogens is 164 g/mol. The van der Waals surface area contributed by atoms with Crippen molar-refractivity contribution < 1.29 is 5.11 Å². The van der Waals surface area contributed by atoms with Crippen LogP contribution < -0.4 is 0 Å². The molecule has 0 unspecified atom stereocenters. The van der Waals surface area contributed by atoms with Gasteiger partial charge in [0.15, 0.2) is 0 Å². The second kappa shape index (κ2) is 2.85. The van der Waals surface area contributed by atoms with Crippen LogP contribution in [0.25, 0.3) is 11.0 Å². The zero-order chi connectivity index (χ0) is 9.42. The average Bonchev–Trinajstić information content (AvgIpc) is 2.45. The first-order valence-corrected chi connectivity index (χ1v) is 4.28. The quantitative estimate of drug-likeness (QED) is 0.717. The van der Waals surface area contributed by atoms with Crippen molar-refractivity contribution in [2.24, 2.45) is 7.05 Å². The molecule has 2 rings (SSSR count). The van der Waals surface area contributed by atoms with Crippen LogP contribution in [-0.2, 0) is 7.05 Å². The van der Waals surface area contributed by atoms with Crippen molar-refractivity contribution in [2.45, 2.75) is 13.0 Å². The van der Waals surface area contributed by atoms with Gasteiger partial charge in [-0.3, -0.25) is 0 Å². The van der Waals surface area contributed by atoms with Gasteiger partial charge in [-0.05, 0) is 19.1 Å². The molecule has 0 radical (unpaired) electrons. The van der Waals surface area contributed by atoms with Gasteiger partial charge in [-0.15, -0.1) is 0 Å². The van der Waals surface area contributed by atoms with Gasteiger partial charge in [-0.1, -0.05) is 0 Å². The zero-order valence-electron chi connectivity index (χ0n) is 7.73. The Morgan fingerprint density at radius 3 is 3.00 bits per heavy atom. The average molecular weight is 176 g/mol. The largest absolute Gasteiger partial charge is 0.389 e. The molecule has 0 saturated carbocycles. The number of pyridine rings is 1. The normalized spacial score (nSPS) is 13.5. The van der Waals surface area contributed by atoms with E-state index in [0.29, 0.717) is 0 Å². The second-order valence-corrected chi connectivity index (χ2v) is 3.25. The van der Waals surface area contributed by atoms with Crippen LogP contribution in [-0.4, -0.2) is 14.7 Å². The van der Waals surface area contributed by atoms with Crippen LogP contribution in [0.2, 0.25) is 0 Å². The number of aromatic nitrogens is 2. The van der Waals surface area contributed by atoms with Crippen molar-refractivity contribution >= 4 is 11.0 Å². The third-order valence-electron chi connectivity index (χ3n) is 2.21. The van der Waals surface area contributed by atoms with E-state index in [1.165, 1.54) is 0 Å². The summed E-state index contributed by atoms with van der Waals surface area (Å²) in [4.78, 5) is 4.24. The molecule has 2 aromatic heterocycles. The standard InChI is InChI=1S/C10H12N2O/c1-7(13)9-6-12(2)10-8(9)4-3-5-11-10/h3-7,13H,1-2H3/t7-/m1/s1. The fourth-order valence-electron chi connectivity index (χ4n) is 1.58. The van der Waals surface area contributed by atoms with E-state index in [1.807, 2.05) is 29.9 Å². The van der Waals surface area contributed by atoms with Gasteiger partial charge in [0.1, 0.15) is 5.65 Å². The minimum atomic E-state index is -0.437. The first-order valence-electron chi connectivity index (χ1n) is 4.28. The minimum absolute atomic E-state index is 0.437. The van der Waals surface area contributed by atoms with Crippen molar-refractivity contribution in [1.82, 2.24) is 9.55 Å². The summed E-state index contributed by atoms with van der Waals surface area (Å²) in [5.41, 5.74) is 1.85. The molecule has 3 heteroatoms. The lowest BCUT2D eigenvalue weighted by Gasteiger charge is -1.99. The fraction of sp³-hybridized carbons (Fsp3) is 0.300. The van der Waals surface area contributed by atoms with Crippen LogP contribution in [0.1, 0.15) is 18.6 Å². The van der Waals surface area contributed by atoms with E-state index >= 15 is 0 Å². The number of aliphatic hydroxyl groups excluding tert-OH is 1. The summed E-state index contributed by atoms with van der Waals surface area (Å²) in [6.07, 6.45) is 3.24. The van der Waals surface area contributed by atoms with Crippen molar-refractivity contribution in [3.63, 3.8) is 0 Å². The van der Waals surface area contributed by atoms with Crippen LogP contribution in [0.4, 0.5) is 0 Å². The van der Waals surface area contributed by atoms with Crippen molar-refractivity contribution in [3.05, 3.63) is 30.1 Å². The Labute approximate surface area is 76.6 Å². The molecule has 0 aliphatic heterocycles. The summed E-state index contributed by atoms with van der Waals surface area (Å²) in [7, 11) is 1.93. The first kappa shape index (κ1) is 8.26. The van der Waals surface area contributed by atoms with Crippen LogP contribution in [0.15, 0.2) is 24.5 Å². The highest BCUT2D eigenvalue weighted by Crippen LogP contribution is 2.23. The zero-order valence-corrected chi connectivity index (χ0v) is 7.73.